The van der Waals surface area contributed by atoms with Crippen LogP contribution in [-0.2, 0) is 0 Å². The van der Waals surface area contributed by atoms with Crippen LogP contribution >= 0.6 is 11.6 Å². The topological polar surface area (TPSA) is 15.6 Å². The molecule has 0 aromatic rings. The zero-order valence-corrected chi connectivity index (χ0v) is 7.67. The van der Waals surface area contributed by atoms with Gasteiger partial charge < -0.3 is 4.90 Å². The largest absolute Gasteiger partial charge is 0.343 e. The van der Waals surface area contributed by atoms with Crippen LogP contribution in [0.25, 0.3) is 0 Å². The second-order valence-corrected chi connectivity index (χ2v) is 3.47. The summed E-state index contributed by atoms with van der Waals surface area (Å²) < 4.78 is 0. The first-order valence-electron chi connectivity index (χ1n) is 3.80. The van der Waals surface area contributed by atoms with E-state index in [1.54, 1.807) is 6.21 Å². The van der Waals surface area contributed by atoms with Crippen LogP contribution in [-0.4, -0.2) is 24.3 Å². The molecule has 0 radical (unpaired) electrons. The number of rotatable bonds is 2. The summed E-state index contributed by atoms with van der Waals surface area (Å²) in [4.78, 5) is 6.16. The predicted octanol–water partition coefficient (Wildman–Crippen LogP) is 2.07. The molecule has 0 aliphatic carbocycles. The van der Waals surface area contributed by atoms with E-state index in [0.29, 0.717) is 12.6 Å². The molecule has 0 atom stereocenters. The summed E-state index contributed by atoms with van der Waals surface area (Å²) in [5.41, 5.74) is 0. The lowest BCUT2D eigenvalue weighted by Crippen LogP contribution is -2.27. The van der Waals surface area contributed by atoms with E-state index < -0.39 is 0 Å². The van der Waals surface area contributed by atoms with Crippen LogP contribution in [0.2, 0.25) is 0 Å². The first-order valence-corrected chi connectivity index (χ1v) is 4.18. The molecular weight excluding hydrogens is 160 g/mol. The second-order valence-electron chi connectivity index (χ2n) is 3.08. The summed E-state index contributed by atoms with van der Waals surface area (Å²) in [6.07, 6.45) is 3.58. The minimum absolute atomic E-state index is 0.630. The van der Waals surface area contributed by atoms with Crippen molar-refractivity contribution >= 4 is 17.8 Å². The Hall–Kier alpha value is -0.500. The van der Waals surface area contributed by atoms with Gasteiger partial charge in [0, 0.05) is 12.8 Å². The molecule has 0 unspecified atom stereocenters. The van der Waals surface area contributed by atoms with Crippen molar-refractivity contribution in [2.75, 3.05) is 13.2 Å². The van der Waals surface area contributed by atoms with Crippen molar-refractivity contribution < 1.29 is 0 Å². The molecular formula is C8H13ClN2. The molecule has 2 nitrogen and oxygen atoms in total. The molecule has 0 bridgehead atoms. The van der Waals surface area contributed by atoms with Crippen LogP contribution in [0.5, 0.6) is 0 Å². The molecule has 0 spiro atoms. The highest BCUT2D eigenvalue weighted by atomic mass is 35.5. The second kappa shape index (κ2) is 3.77. The van der Waals surface area contributed by atoms with Crippen LogP contribution in [0.4, 0.5) is 0 Å². The predicted molar refractivity (Wildman–Crippen MR) is 48.8 cm³/mol. The molecule has 1 aliphatic rings. The fraction of sp³-hybridized carbons (Fsp3) is 0.625. The van der Waals surface area contributed by atoms with Gasteiger partial charge in [0.15, 0.2) is 0 Å². The molecule has 0 aromatic heterocycles. The smallest absolute Gasteiger partial charge is 0.110 e. The number of hydrogen-bond donors (Lipinski definition) is 0. The third kappa shape index (κ3) is 2.54. The number of halogens is 1. The molecule has 1 aliphatic heterocycles. The molecule has 62 valence electrons. The van der Waals surface area contributed by atoms with E-state index in [0.717, 1.165) is 11.7 Å². The molecule has 0 N–H and O–H groups in total. The molecule has 3 heteroatoms. The van der Waals surface area contributed by atoms with Gasteiger partial charge in [-0.05, 0) is 12.0 Å². The highest BCUT2D eigenvalue weighted by Gasteiger charge is 2.09. The quantitative estimate of drug-likeness (QED) is 0.583. The Morgan fingerprint density at radius 2 is 2.45 bits per heavy atom. The van der Waals surface area contributed by atoms with Gasteiger partial charge in [-0.25, -0.2) is 0 Å². The zero-order valence-electron chi connectivity index (χ0n) is 6.92. The first kappa shape index (κ1) is 8.60. The van der Waals surface area contributed by atoms with E-state index in [2.05, 4.69) is 23.7 Å². The highest BCUT2D eigenvalue weighted by Crippen LogP contribution is 2.13. The lowest BCUT2D eigenvalue weighted by molar-refractivity contribution is 0.328. The van der Waals surface area contributed by atoms with Gasteiger partial charge in [-0.1, -0.05) is 25.4 Å². The first-order chi connectivity index (χ1) is 5.20. The fourth-order valence-electron chi connectivity index (χ4n) is 1.02. The molecule has 0 saturated heterocycles. The third-order valence-corrected chi connectivity index (χ3v) is 1.82. The van der Waals surface area contributed by atoms with Crippen LogP contribution in [0.15, 0.2) is 16.2 Å². The Morgan fingerprint density at radius 3 is 3.00 bits per heavy atom. The minimum Gasteiger partial charge on any atom is -0.343 e. The number of aliphatic imine (C=N–C) groups is 1. The van der Waals surface area contributed by atoms with Crippen molar-refractivity contribution in [1.82, 2.24) is 4.90 Å². The third-order valence-electron chi connectivity index (χ3n) is 1.46. The average Bonchev–Trinajstić information content (AvgIpc) is 1.93. The van der Waals surface area contributed by atoms with E-state index in [4.69, 9.17) is 11.6 Å². The number of nitrogens with zero attached hydrogens (tertiary/aromatic N) is 2. The molecule has 11 heavy (non-hydrogen) atoms. The van der Waals surface area contributed by atoms with Crippen molar-refractivity contribution in [2.24, 2.45) is 10.9 Å². The molecule has 0 amide bonds. The normalized spacial score (nSPS) is 17.5. The summed E-state index contributed by atoms with van der Waals surface area (Å²) in [5.74, 6) is 0.630. The van der Waals surface area contributed by atoms with Crippen LogP contribution in [0.3, 0.4) is 0 Å². The summed E-state index contributed by atoms with van der Waals surface area (Å²) in [6.45, 7) is 6.02. The molecule has 0 aromatic carbocycles. The molecule has 0 fully saturated rings. The van der Waals surface area contributed by atoms with Gasteiger partial charge in [0.05, 0.1) is 0 Å². The maximum atomic E-state index is 5.92. The molecule has 1 heterocycles. The van der Waals surface area contributed by atoms with E-state index in [1.807, 2.05) is 6.08 Å². The minimum atomic E-state index is 0.630. The summed E-state index contributed by atoms with van der Waals surface area (Å²) >= 11 is 5.92. The van der Waals surface area contributed by atoms with Crippen molar-refractivity contribution in [3.63, 3.8) is 0 Å². The van der Waals surface area contributed by atoms with Gasteiger partial charge in [-0.2, -0.15) is 0 Å². The van der Waals surface area contributed by atoms with Crippen LogP contribution < -0.4 is 0 Å². The Bertz CT molecular complexity index is 185. The van der Waals surface area contributed by atoms with Crippen LogP contribution in [0.1, 0.15) is 13.8 Å². The van der Waals surface area contributed by atoms with Gasteiger partial charge >= 0.3 is 0 Å². The van der Waals surface area contributed by atoms with Crippen molar-refractivity contribution in [3.8, 4) is 0 Å². The number of hydrogen-bond acceptors (Lipinski definition) is 2. The zero-order chi connectivity index (χ0) is 8.27. The Morgan fingerprint density at radius 1 is 1.73 bits per heavy atom. The van der Waals surface area contributed by atoms with E-state index in [-0.39, 0.29) is 0 Å². The van der Waals surface area contributed by atoms with Gasteiger partial charge in [0.2, 0.25) is 0 Å². The van der Waals surface area contributed by atoms with Crippen LogP contribution in [0, 0.1) is 5.92 Å². The Kier molecular flexibility index (Phi) is 2.94. The maximum absolute atomic E-state index is 5.92. The summed E-state index contributed by atoms with van der Waals surface area (Å²) in [7, 11) is 0. The van der Waals surface area contributed by atoms with Gasteiger partial charge in [0.25, 0.3) is 0 Å². The highest BCUT2D eigenvalue weighted by molar-refractivity contribution is 6.30. The maximum Gasteiger partial charge on any atom is 0.110 e. The van der Waals surface area contributed by atoms with E-state index in [1.165, 1.54) is 0 Å². The van der Waals surface area contributed by atoms with Gasteiger partial charge in [0.1, 0.15) is 11.8 Å². The van der Waals surface area contributed by atoms with Gasteiger partial charge in [-0.3, -0.25) is 4.99 Å². The van der Waals surface area contributed by atoms with Crippen molar-refractivity contribution in [1.29, 1.82) is 0 Å². The lowest BCUT2D eigenvalue weighted by atomic mass is 10.2. The lowest BCUT2D eigenvalue weighted by Gasteiger charge is -2.25. The van der Waals surface area contributed by atoms with Crippen molar-refractivity contribution in [2.45, 2.75) is 13.8 Å². The fourth-order valence-corrected chi connectivity index (χ4v) is 1.20. The SMILES string of the molecule is CC(C)CN1CN=CC=C1Cl. The Labute approximate surface area is 72.6 Å². The summed E-state index contributed by atoms with van der Waals surface area (Å²) in [5, 5.41) is 0.800. The summed E-state index contributed by atoms with van der Waals surface area (Å²) in [6, 6.07) is 0. The monoisotopic (exact) mass is 172 g/mol. The van der Waals surface area contributed by atoms with E-state index >= 15 is 0 Å². The van der Waals surface area contributed by atoms with Crippen molar-refractivity contribution in [3.05, 3.63) is 11.2 Å². The van der Waals surface area contributed by atoms with Gasteiger partial charge in [-0.15, -0.1) is 0 Å². The van der Waals surface area contributed by atoms with E-state index in [9.17, 15) is 0 Å². The average molecular weight is 173 g/mol. The molecule has 1 rings (SSSR count). The molecule has 0 saturated carbocycles. The Balaban J connectivity index is 2.47. The number of allylic oxidation sites excluding steroid dienone is 1. The standard InChI is InChI=1S/C8H13ClN2/c1-7(2)5-11-6-10-4-3-8(11)9/h3-4,7H,5-6H2,1-2H3.